The Labute approximate surface area is 175 Å². The van der Waals surface area contributed by atoms with E-state index in [4.69, 9.17) is 9.47 Å². The number of aryl methyl sites for hydroxylation is 1. The van der Waals surface area contributed by atoms with Crippen molar-refractivity contribution in [1.82, 2.24) is 14.3 Å². The second-order valence-corrected chi connectivity index (χ2v) is 8.45. The van der Waals surface area contributed by atoms with Gasteiger partial charge in [-0.05, 0) is 53.5 Å². The van der Waals surface area contributed by atoms with Gasteiger partial charge in [0.25, 0.3) is 0 Å². The van der Waals surface area contributed by atoms with Crippen molar-refractivity contribution in [3.05, 3.63) is 39.8 Å². The fourth-order valence-corrected chi connectivity index (χ4v) is 2.94. The molecule has 1 aliphatic rings. The highest BCUT2D eigenvalue weighted by atomic mass is 19.4. The Kier molecular flexibility index (Phi) is 5.66. The van der Waals surface area contributed by atoms with Crippen LogP contribution in [0.2, 0.25) is 0 Å². The van der Waals surface area contributed by atoms with E-state index in [0.717, 1.165) is 30.5 Å². The molecular weight excluding hydrogens is 422 g/mol. The van der Waals surface area contributed by atoms with Crippen molar-refractivity contribution in [1.29, 1.82) is 0 Å². The number of nitrogens with zero attached hydrogens (tertiary/aromatic N) is 3. The molecule has 1 fully saturated rings. The first kappa shape index (κ1) is 22.8. The van der Waals surface area contributed by atoms with Crippen molar-refractivity contribution in [2.24, 2.45) is 0 Å². The summed E-state index contributed by atoms with van der Waals surface area (Å²) in [4.78, 5) is 25.2. The van der Waals surface area contributed by atoms with Crippen molar-refractivity contribution >= 4 is 5.97 Å². The van der Waals surface area contributed by atoms with E-state index in [9.17, 15) is 27.2 Å². The molecule has 0 aliphatic heterocycles. The normalized spacial score (nSPS) is 15.6. The molecule has 2 aromatic rings. The smallest absolute Gasteiger partial charge is 0.425 e. The first-order valence-corrected chi connectivity index (χ1v) is 9.68. The summed E-state index contributed by atoms with van der Waals surface area (Å²) in [5.41, 5.74) is -2.56. The van der Waals surface area contributed by atoms with E-state index in [1.807, 2.05) is 0 Å². The summed E-state index contributed by atoms with van der Waals surface area (Å²) in [6.07, 6.45) is -5.47. The number of aromatic nitrogens is 3. The van der Waals surface area contributed by atoms with E-state index in [-0.39, 0.29) is 6.04 Å². The lowest BCUT2D eigenvalue weighted by atomic mass is 10.1. The highest BCUT2D eigenvalue weighted by molar-refractivity contribution is 5.93. The fourth-order valence-electron chi connectivity index (χ4n) is 2.94. The van der Waals surface area contributed by atoms with Gasteiger partial charge in [0.2, 0.25) is 0 Å². The third-order valence-electron chi connectivity index (χ3n) is 4.55. The maximum Gasteiger partial charge on any atom is 0.425 e. The zero-order valence-electron chi connectivity index (χ0n) is 17.7. The summed E-state index contributed by atoms with van der Waals surface area (Å²) in [6.45, 7) is 7.00. The van der Waals surface area contributed by atoms with Crippen molar-refractivity contribution < 1.29 is 31.8 Å². The number of benzene rings is 1. The molecule has 7 nitrogen and oxygen atoms in total. The van der Waals surface area contributed by atoms with Gasteiger partial charge in [-0.15, -0.1) is 0 Å². The topological polar surface area (TPSA) is 75.4 Å². The first-order chi connectivity index (χ1) is 14.2. The summed E-state index contributed by atoms with van der Waals surface area (Å²) in [5.74, 6) is -2.32. The summed E-state index contributed by atoms with van der Waals surface area (Å²) in [7, 11) is 0. The van der Waals surface area contributed by atoms with Gasteiger partial charge in [0.05, 0.1) is 0 Å². The van der Waals surface area contributed by atoms with E-state index < -0.39 is 52.4 Å². The van der Waals surface area contributed by atoms with E-state index >= 15 is 0 Å². The van der Waals surface area contributed by atoms with Crippen LogP contribution in [-0.4, -0.2) is 38.2 Å². The van der Waals surface area contributed by atoms with E-state index in [1.54, 1.807) is 27.7 Å². The third-order valence-corrected chi connectivity index (χ3v) is 4.55. The molecule has 1 heterocycles. The lowest BCUT2D eigenvalue weighted by Crippen LogP contribution is -2.32. The first-order valence-electron chi connectivity index (χ1n) is 9.68. The van der Waals surface area contributed by atoms with Crippen LogP contribution in [-0.2, 0) is 4.74 Å². The van der Waals surface area contributed by atoms with Gasteiger partial charge in [-0.3, -0.25) is 4.57 Å². The number of hydrogen-bond donors (Lipinski definition) is 0. The lowest BCUT2D eigenvalue weighted by molar-refractivity contribution is -0.189. The molecule has 0 spiro atoms. The Morgan fingerprint density at radius 3 is 2.35 bits per heavy atom. The van der Waals surface area contributed by atoms with Crippen molar-refractivity contribution in [3.8, 4) is 11.4 Å². The van der Waals surface area contributed by atoms with Crippen LogP contribution in [0, 0.1) is 12.7 Å². The molecular formula is C20H23F4N3O4. The van der Waals surface area contributed by atoms with Crippen LogP contribution in [0.3, 0.4) is 0 Å². The van der Waals surface area contributed by atoms with Crippen molar-refractivity contribution in [2.45, 2.75) is 71.4 Å². The summed E-state index contributed by atoms with van der Waals surface area (Å²) in [6, 6.07) is 1.52. The second kappa shape index (κ2) is 7.69. The monoisotopic (exact) mass is 445 g/mol. The molecule has 1 saturated carbocycles. The van der Waals surface area contributed by atoms with Gasteiger partial charge in [0.1, 0.15) is 34.2 Å². The highest BCUT2D eigenvalue weighted by Crippen LogP contribution is 2.35. The SMILES string of the molecule is Cc1nn(-c2cc(O[C@@H](C)C(F)(F)F)c(C(=O)OC(C)(C)C)cc2F)c(=O)n1C1CC1. The van der Waals surface area contributed by atoms with E-state index in [0.29, 0.717) is 11.9 Å². The minimum Gasteiger partial charge on any atom is -0.480 e. The number of ether oxygens (including phenoxy) is 2. The Bertz CT molecular complexity index is 1060. The number of halogens is 4. The number of rotatable bonds is 5. The quantitative estimate of drug-likeness (QED) is 0.512. The van der Waals surface area contributed by atoms with Crippen LogP contribution >= 0.6 is 0 Å². The Hall–Kier alpha value is -2.85. The predicted molar refractivity (Wildman–Crippen MR) is 102 cm³/mol. The molecule has 31 heavy (non-hydrogen) atoms. The number of carbonyl (C=O) groups is 1. The molecule has 0 bridgehead atoms. The maximum atomic E-state index is 14.9. The second-order valence-electron chi connectivity index (χ2n) is 8.45. The average Bonchev–Trinajstić information content (AvgIpc) is 3.39. The molecule has 3 rings (SSSR count). The molecule has 0 amide bonds. The largest absolute Gasteiger partial charge is 0.480 e. The minimum atomic E-state index is -4.74. The van der Waals surface area contributed by atoms with Gasteiger partial charge in [0.15, 0.2) is 6.10 Å². The van der Waals surface area contributed by atoms with Crippen LogP contribution in [0.1, 0.15) is 62.8 Å². The van der Waals surface area contributed by atoms with Crippen molar-refractivity contribution in [2.75, 3.05) is 0 Å². The van der Waals surface area contributed by atoms with Crippen LogP contribution in [0.4, 0.5) is 17.6 Å². The minimum absolute atomic E-state index is 0.0358. The number of carbonyl (C=O) groups excluding carboxylic acids is 1. The molecule has 0 N–H and O–H groups in total. The highest BCUT2D eigenvalue weighted by Gasteiger charge is 2.39. The van der Waals surface area contributed by atoms with Gasteiger partial charge in [0, 0.05) is 12.1 Å². The number of alkyl halides is 3. The van der Waals surface area contributed by atoms with Gasteiger partial charge < -0.3 is 9.47 Å². The van der Waals surface area contributed by atoms with Gasteiger partial charge in [-0.25, -0.2) is 14.0 Å². The molecule has 1 aliphatic carbocycles. The Morgan fingerprint density at radius 2 is 1.84 bits per heavy atom. The van der Waals surface area contributed by atoms with Crippen molar-refractivity contribution in [3.63, 3.8) is 0 Å². The van der Waals surface area contributed by atoms with E-state index in [2.05, 4.69) is 5.10 Å². The zero-order valence-corrected chi connectivity index (χ0v) is 17.7. The zero-order chi connectivity index (χ0) is 23.3. The number of esters is 1. The fraction of sp³-hybridized carbons (Fsp3) is 0.550. The summed E-state index contributed by atoms with van der Waals surface area (Å²) >= 11 is 0. The van der Waals surface area contributed by atoms with Crippen LogP contribution in [0.25, 0.3) is 5.69 Å². The molecule has 1 aromatic carbocycles. The Morgan fingerprint density at radius 1 is 1.23 bits per heavy atom. The molecule has 170 valence electrons. The lowest BCUT2D eigenvalue weighted by Gasteiger charge is -2.23. The number of hydrogen-bond acceptors (Lipinski definition) is 5. The summed E-state index contributed by atoms with van der Waals surface area (Å²) < 4.78 is 66.4. The maximum absolute atomic E-state index is 14.9. The van der Waals surface area contributed by atoms with Crippen LogP contribution in [0.5, 0.6) is 5.75 Å². The average molecular weight is 445 g/mol. The van der Waals surface area contributed by atoms with Gasteiger partial charge in [-0.1, -0.05) is 0 Å². The third kappa shape index (κ3) is 4.91. The Balaban J connectivity index is 2.12. The summed E-state index contributed by atoms with van der Waals surface area (Å²) in [5, 5.41) is 4.04. The van der Waals surface area contributed by atoms with Gasteiger partial charge in [-0.2, -0.15) is 23.0 Å². The molecule has 0 saturated heterocycles. The standard InChI is InChI=1S/C20H23F4N3O4/c1-10(20(22,23)24)30-16-9-15(14(21)8-13(16)17(28)31-19(3,4)5)27-18(29)26(11(2)25-27)12-6-7-12/h8-10,12H,6-7H2,1-5H3/t10-/m0/s1. The molecule has 1 aromatic heterocycles. The van der Waals surface area contributed by atoms with Crippen LogP contribution < -0.4 is 10.4 Å². The van der Waals surface area contributed by atoms with Gasteiger partial charge >= 0.3 is 17.8 Å². The predicted octanol–water partition coefficient (Wildman–Crippen LogP) is 4.10. The molecule has 11 heteroatoms. The molecule has 0 radical (unpaired) electrons. The molecule has 1 atom stereocenters. The van der Waals surface area contributed by atoms with E-state index in [1.165, 1.54) is 4.57 Å². The molecule has 0 unspecified atom stereocenters. The van der Waals surface area contributed by atoms with Crippen LogP contribution in [0.15, 0.2) is 16.9 Å².